The number of hydrogen-bond donors (Lipinski definition) is 1. The van der Waals surface area contributed by atoms with Crippen LogP contribution < -0.4 is 5.32 Å². The van der Waals surface area contributed by atoms with Crippen LogP contribution in [0.15, 0.2) is 0 Å². The fourth-order valence-corrected chi connectivity index (χ4v) is 4.44. The molecule has 0 aromatic heterocycles. The molecule has 0 spiro atoms. The molecule has 4 rings (SSSR count). The van der Waals surface area contributed by atoms with Gasteiger partial charge in [0.1, 0.15) is 0 Å². The molecule has 4 aliphatic carbocycles. The zero-order valence-electron chi connectivity index (χ0n) is 7.97. The first-order chi connectivity index (χ1) is 5.82. The molecule has 0 aliphatic heterocycles. The molecule has 1 N–H and O–H groups in total. The Bertz CT molecular complexity index is 185. The van der Waals surface area contributed by atoms with Crippen molar-refractivity contribution in [3.8, 4) is 0 Å². The molecule has 4 bridgehead atoms. The summed E-state index contributed by atoms with van der Waals surface area (Å²) in [6.45, 7) is 3.43. The highest BCUT2D eigenvalue weighted by Gasteiger charge is 2.56. The molecular formula is C11H19N. The smallest absolute Gasteiger partial charge is 0.0215 e. The van der Waals surface area contributed by atoms with E-state index < -0.39 is 0 Å². The Hall–Kier alpha value is -0.0400. The zero-order valence-corrected chi connectivity index (χ0v) is 7.97. The number of hydrogen-bond acceptors (Lipinski definition) is 1. The van der Waals surface area contributed by atoms with Crippen molar-refractivity contribution in [3.63, 3.8) is 0 Å². The van der Waals surface area contributed by atoms with E-state index in [1.54, 1.807) is 19.3 Å². The molecule has 0 amide bonds. The van der Waals surface area contributed by atoms with E-state index in [2.05, 4.69) is 12.2 Å². The first kappa shape index (κ1) is 7.37. The van der Waals surface area contributed by atoms with Gasteiger partial charge in [-0.05, 0) is 56.4 Å². The summed E-state index contributed by atoms with van der Waals surface area (Å²) < 4.78 is 0. The van der Waals surface area contributed by atoms with Crippen LogP contribution in [0.2, 0.25) is 0 Å². The van der Waals surface area contributed by atoms with E-state index in [-0.39, 0.29) is 0 Å². The van der Waals surface area contributed by atoms with Gasteiger partial charge in [0, 0.05) is 5.54 Å². The van der Waals surface area contributed by atoms with Crippen molar-refractivity contribution in [1.29, 1.82) is 0 Å². The van der Waals surface area contributed by atoms with Gasteiger partial charge in [0.05, 0.1) is 0 Å². The topological polar surface area (TPSA) is 12.0 Å². The van der Waals surface area contributed by atoms with Crippen LogP contribution in [0.5, 0.6) is 0 Å². The predicted molar refractivity (Wildman–Crippen MR) is 50.0 cm³/mol. The second kappa shape index (κ2) is 2.25. The summed E-state index contributed by atoms with van der Waals surface area (Å²) in [6, 6.07) is 0. The molecule has 4 atom stereocenters. The van der Waals surface area contributed by atoms with E-state index in [0.29, 0.717) is 5.54 Å². The second-order valence-electron chi connectivity index (χ2n) is 5.23. The quantitative estimate of drug-likeness (QED) is 0.661. The lowest BCUT2D eigenvalue weighted by Crippen LogP contribution is -2.46. The normalized spacial score (nSPS) is 55.2. The summed E-state index contributed by atoms with van der Waals surface area (Å²) in [6.07, 6.45) is 7.65. The van der Waals surface area contributed by atoms with Crippen molar-refractivity contribution >= 4 is 0 Å². The fourth-order valence-electron chi connectivity index (χ4n) is 4.44. The largest absolute Gasteiger partial charge is 0.311 e. The molecule has 1 heteroatoms. The molecule has 1 nitrogen and oxygen atoms in total. The van der Waals surface area contributed by atoms with Crippen LogP contribution in [0.1, 0.15) is 39.0 Å². The van der Waals surface area contributed by atoms with E-state index in [9.17, 15) is 0 Å². The van der Waals surface area contributed by atoms with Gasteiger partial charge in [-0.3, -0.25) is 0 Å². The van der Waals surface area contributed by atoms with Gasteiger partial charge in [-0.15, -0.1) is 0 Å². The Morgan fingerprint density at radius 3 is 2.42 bits per heavy atom. The van der Waals surface area contributed by atoms with Crippen molar-refractivity contribution in [3.05, 3.63) is 0 Å². The molecule has 0 unspecified atom stereocenters. The highest BCUT2D eigenvalue weighted by Crippen LogP contribution is 2.60. The summed E-state index contributed by atoms with van der Waals surface area (Å²) in [5, 5.41) is 3.78. The summed E-state index contributed by atoms with van der Waals surface area (Å²) >= 11 is 0. The Kier molecular flexibility index (Phi) is 1.39. The van der Waals surface area contributed by atoms with E-state index >= 15 is 0 Å². The maximum absolute atomic E-state index is 3.78. The summed E-state index contributed by atoms with van der Waals surface area (Å²) in [5.74, 6) is 3.25. The minimum atomic E-state index is 0.627. The Morgan fingerprint density at radius 1 is 1.17 bits per heavy atom. The first-order valence-electron chi connectivity index (χ1n) is 5.57. The first-order valence-corrected chi connectivity index (χ1v) is 5.57. The average molecular weight is 165 g/mol. The highest BCUT2D eigenvalue weighted by molar-refractivity contribution is 5.12. The predicted octanol–water partition coefficient (Wildman–Crippen LogP) is 2.17. The van der Waals surface area contributed by atoms with E-state index in [1.807, 2.05) is 0 Å². The molecule has 0 saturated heterocycles. The second-order valence-corrected chi connectivity index (χ2v) is 5.23. The monoisotopic (exact) mass is 165 g/mol. The number of rotatable bonds is 2. The minimum absolute atomic E-state index is 0.627. The fraction of sp³-hybridized carbons (Fsp3) is 1.00. The number of nitrogens with one attached hydrogen (secondary N) is 1. The van der Waals surface area contributed by atoms with Crippen molar-refractivity contribution in [2.24, 2.45) is 17.8 Å². The van der Waals surface area contributed by atoms with Crippen molar-refractivity contribution in [2.75, 3.05) is 6.54 Å². The van der Waals surface area contributed by atoms with Crippen LogP contribution >= 0.6 is 0 Å². The molecule has 0 aromatic rings. The lowest BCUT2D eigenvalue weighted by atomic mass is 9.80. The van der Waals surface area contributed by atoms with Gasteiger partial charge < -0.3 is 5.32 Å². The maximum atomic E-state index is 3.78. The summed E-state index contributed by atoms with van der Waals surface area (Å²) in [7, 11) is 0. The van der Waals surface area contributed by atoms with Gasteiger partial charge in [0.2, 0.25) is 0 Å². The van der Waals surface area contributed by atoms with Gasteiger partial charge in [0.15, 0.2) is 0 Å². The maximum Gasteiger partial charge on any atom is 0.0215 e. The van der Waals surface area contributed by atoms with Gasteiger partial charge in [0.25, 0.3) is 0 Å². The lowest BCUT2D eigenvalue weighted by molar-refractivity contribution is 0.238. The van der Waals surface area contributed by atoms with Crippen LogP contribution in [0, 0.1) is 17.8 Å². The Morgan fingerprint density at radius 2 is 1.83 bits per heavy atom. The standard InChI is InChI=1S/C11H19N/c1-2-12-11-6-8-3-9(7-11)5-10(11)4-8/h8-10,12H,2-7H2,1H3/t8-,9+,10+,11-. The third kappa shape index (κ3) is 0.783. The van der Waals surface area contributed by atoms with Crippen LogP contribution in [0.25, 0.3) is 0 Å². The van der Waals surface area contributed by atoms with Crippen LogP contribution in [0.4, 0.5) is 0 Å². The van der Waals surface area contributed by atoms with E-state index in [4.69, 9.17) is 0 Å². The molecular weight excluding hydrogens is 146 g/mol. The van der Waals surface area contributed by atoms with Gasteiger partial charge in [-0.1, -0.05) is 6.92 Å². The lowest BCUT2D eigenvalue weighted by Gasteiger charge is -2.33. The van der Waals surface area contributed by atoms with Crippen LogP contribution in [-0.2, 0) is 0 Å². The van der Waals surface area contributed by atoms with Gasteiger partial charge in [-0.2, -0.15) is 0 Å². The molecule has 0 radical (unpaired) electrons. The van der Waals surface area contributed by atoms with Crippen LogP contribution in [-0.4, -0.2) is 12.1 Å². The van der Waals surface area contributed by atoms with Crippen molar-refractivity contribution in [2.45, 2.75) is 44.6 Å². The average Bonchev–Trinajstić information content (AvgIpc) is 2.36. The molecule has 68 valence electrons. The zero-order chi connectivity index (χ0) is 8.18. The Labute approximate surface area is 74.9 Å². The third-order valence-electron chi connectivity index (χ3n) is 4.52. The van der Waals surface area contributed by atoms with Gasteiger partial charge >= 0.3 is 0 Å². The van der Waals surface area contributed by atoms with Crippen molar-refractivity contribution < 1.29 is 0 Å². The molecule has 4 saturated carbocycles. The van der Waals surface area contributed by atoms with E-state index in [0.717, 1.165) is 17.8 Å². The minimum Gasteiger partial charge on any atom is -0.311 e. The molecule has 0 heterocycles. The van der Waals surface area contributed by atoms with Gasteiger partial charge in [-0.25, -0.2) is 0 Å². The molecule has 12 heavy (non-hydrogen) atoms. The summed E-state index contributed by atoms with van der Waals surface area (Å²) in [4.78, 5) is 0. The molecule has 4 aliphatic rings. The van der Waals surface area contributed by atoms with E-state index in [1.165, 1.54) is 19.4 Å². The Balaban J connectivity index is 1.88. The molecule has 0 aromatic carbocycles. The summed E-state index contributed by atoms with van der Waals surface area (Å²) in [5.41, 5.74) is 0.627. The highest BCUT2D eigenvalue weighted by atomic mass is 15.0. The third-order valence-corrected chi connectivity index (χ3v) is 4.52. The SMILES string of the molecule is CCN[C@@]12C[C@@H]3C[C@@H](C[C@@H]1C3)C2. The molecule has 4 fully saturated rings. The van der Waals surface area contributed by atoms with Crippen LogP contribution in [0.3, 0.4) is 0 Å². The van der Waals surface area contributed by atoms with Crippen molar-refractivity contribution in [1.82, 2.24) is 5.32 Å².